The van der Waals surface area contributed by atoms with Crippen molar-refractivity contribution in [3.05, 3.63) is 41.0 Å². The molecule has 7 nitrogen and oxygen atoms in total. The molecular formula is C23H31IN4O3S. The average Bonchev–Trinajstić information content (AvgIpc) is 3.33. The van der Waals surface area contributed by atoms with Gasteiger partial charge in [-0.2, -0.15) is 0 Å². The van der Waals surface area contributed by atoms with Gasteiger partial charge in [-0.05, 0) is 30.4 Å². The van der Waals surface area contributed by atoms with E-state index in [0.717, 1.165) is 21.7 Å². The number of aromatic nitrogens is 1. The van der Waals surface area contributed by atoms with Crippen LogP contribution < -0.4 is 8.85 Å². The van der Waals surface area contributed by atoms with Crippen molar-refractivity contribution in [2.45, 2.75) is 65.3 Å². The Morgan fingerprint density at radius 3 is 2.47 bits per heavy atom. The van der Waals surface area contributed by atoms with Crippen molar-refractivity contribution in [1.29, 1.82) is 0 Å². The van der Waals surface area contributed by atoms with Crippen LogP contribution in [0.2, 0.25) is 0 Å². The minimum atomic E-state index is -0.707. The molecule has 4 atom stereocenters. The van der Waals surface area contributed by atoms with Crippen LogP contribution >= 0.6 is 34.2 Å². The van der Waals surface area contributed by atoms with E-state index in [1.165, 1.54) is 4.90 Å². The molecule has 32 heavy (non-hydrogen) atoms. The van der Waals surface area contributed by atoms with Crippen LogP contribution in [0.1, 0.15) is 51.4 Å². The van der Waals surface area contributed by atoms with Gasteiger partial charge in [0, 0.05) is 35.8 Å². The number of carbonyl (C=O) groups is 2. The minimum absolute atomic E-state index is 0.166. The zero-order valence-corrected chi connectivity index (χ0v) is 22.0. The fourth-order valence-electron chi connectivity index (χ4n) is 3.95. The molecular weight excluding hydrogens is 539 g/mol. The molecule has 1 fully saturated rings. The smallest absolute Gasteiger partial charge is 0.243 e. The van der Waals surface area contributed by atoms with Gasteiger partial charge in [-0.3, -0.25) is 9.59 Å². The number of hydrogen-bond acceptors (Lipinski definition) is 6. The highest BCUT2D eigenvalue weighted by Gasteiger charge is 2.43. The largest absolute Gasteiger partial charge is 0.391 e. The van der Waals surface area contributed by atoms with Crippen LogP contribution in [0.25, 0.3) is 10.4 Å². The number of nitrogens with zero attached hydrogens (tertiary/aromatic N) is 2. The summed E-state index contributed by atoms with van der Waals surface area (Å²) in [6, 6.07) is 6.71. The summed E-state index contributed by atoms with van der Waals surface area (Å²) in [5.41, 5.74) is 4.59. The van der Waals surface area contributed by atoms with Gasteiger partial charge in [0.05, 0.1) is 28.2 Å². The maximum absolute atomic E-state index is 13.2. The summed E-state index contributed by atoms with van der Waals surface area (Å²) < 4.78 is 3.04. The van der Waals surface area contributed by atoms with E-state index in [2.05, 4.69) is 13.8 Å². The number of rotatable bonds is 6. The number of benzene rings is 1. The van der Waals surface area contributed by atoms with Crippen LogP contribution in [0.15, 0.2) is 29.8 Å². The lowest BCUT2D eigenvalue weighted by Gasteiger charge is -2.34. The molecule has 0 bridgehead atoms. The molecule has 2 heterocycles. The number of nitrogens with one attached hydrogen (secondary N) is 2. The number of carbonyl (C=O) groups excluding carboxylic acids is 2. The fraction of sp³-hybridized carbons (Fsp3) is 0.522. The van der Waals surface area contributed by atoms with E-state index in [1.54, 1.807) is 11.3 Å². The molecule has 1 aliphatic heterocycles. The van der Waals surface area contributed by atoms with E-state index in [4.69, 9.17) is 0 Å². The standard InChI is InChI=1S/C23H31IN4O3S/c1-13(15-6-8-16(9-7-15)19-14(2)25-12-32-19)26-21(30)18-10-17(29)11-28(18)22(31)20(27-24)23(3,4)5/h6-9,12-13,17-18,20,27,29H,10-11H2,1-5H3,(H,26,30)/t13?,17-,18+,20-/m1/s1. The Kier molecular flexibility index (Phi) is 7.95. The number of aliphatic hydroxyl groups is 1. The van der Waals surface area contributed by atoms with Gasteiger partial charge in [0.15, 0.2) is 0 Å². The first-order valence-corrected chi connectivity index (χ1v) is 12.6. The Bertz CT molecular complexity index is 957. The van der Waals surface area contributed by atoms with Crippen LogP contribution in [-0.4, -0.2) is 51.5 Å². The third kappa shape index (κ3) is 5.49. The van der Waals surface area contributed by atoms with E-state index in [0.29, 0.717) is 0 Å². The molecule has 1 unspecified atom stereocenters. The molecule has 9 heteroatoms. The summed E-state index contributed by atoms with van der Waals surface area (Å²) in [6.07, 6.45) is -0.465. The first-order valence-electron chi connectivity index (χ1n) is 10.7. The summed E-state index contributed by atoms with van der Waals surface area (Å²) in [6.45, 7) is 10.0. The van der Waals surface area contributed by atoms with Crippen molar-refractivity contribution in [3.63, 3.8) is 0 Å². The lowest BCUT2D eigenvalue weighted by Crippen LogP contribution is -2.55. The number of thiazole rings is 1. The Labute approximate surface area is 207 Å². The van der Waals surface area contributed by atoms with Gasteiger partial charge in [-0.25, -0.2) is 8.51 Å². The van der Waals surface area contributed by atoms with E-state index in [1.807, 2.05) is 87.3 Å². The van der Waals surface area contributed by atoms with Crippen molar-refractivity contribution in [1.82, 2.24) is 18.7 Å². The van der Waals surface area contributed by atoms with Gasteiger partial charge >= 0.3 is 0 Å². The first kappa shape index (κ1) is 25.1. The lowest BCUT2D eigenvalue weighted by atomic mass is 9.86. The number of aryl methyl sites for hydroxylation is 1. The van der Waals surface area contributed by atoms with Crippen molar-refractivity contribution in [3.8, 4) is 10.4 Å². The van der Waals surface area contributed by atoms with Crippen molar-refractivity contribution in [2.24, 2.45) is 5.41 Å². The van der Waals surface area contributed by atoms with Crippen LogP contribution in [0.5, 0.6) is 0 Å². The van der Waals surface area contributed by atoms with Gasteiger partial charge in [-0.1, -0.05) is 45.0 Å². The molecule has 174 valence electrons. The molecule has 1 aliphatic rings. The zero-order chi connectivity index (χ0) is 23.6. The summed E-state index contributed by atoms with van der Waals surface area (Å²) >= 11 is 3.58. The Morgan fingerprint density at radius 2 is 1.94 bits per heavy atom. The second-order valence-electron chi connectivity index (χ2n) is 9.42. The highest BCUT2D eigenvalue weighted by atomic mass is 127. The van der Waals surface area contributed by atoms with Crippen LogP contribution in [0.3, 0.4) is 0 Å². The second kappa shape index (κ2) is 10.1. The normalized spacial score (nSPS) is 20.8. The molecule has 3 N–H and O–H groups in total. The third-order valence-electron chi connectivity index (χ3n) is 5.86. The number of hydrogen-bond donors (Lipinski definition) is 3. The van der Waals surface area contributed by atoms with E-state index >= 15 is 0 Å². The van der Waals surface area contributed by atoms with Gasteiger partial charge < -0.3 is 15.3 Å². The number of halogens is 1. The van der Waals surface area contributed by atoms with Crippen LogP contribution in [0, 0.1) is 12.3 Å². The van der Waals surface area contributed by atoms with E-state index in [9.17, 15) is 14.7 Å². The molecule has 3 rings (SSSR count). The summed E-state index contributed by atoms with van der Waals surface area (Å²) in [5, 5.41) is 13.2. The lowest BCUT2D eigenvalue weighted by molar-refractivity contribution is -0.141. The molecule has 0 aliphatic carbocycles. The van der Waals surface area contributed by atoms with Crippen molar-refractivity contribution in [2.75, 3.05) is 6.54 Å². The Balaban J connectivity index is 1.70. The van der Waals surface area contributed by atoms with Crippen LogP contribution in [-0.2, 0) is 9.59 Å². The monoisotopic (exact) mass is 570 g/mol. The number of aliphatic hydroxyl groups excluding tert-OH is 1. The number of likely N-dealkylation sites (tertiary alicyclic amines) is 1. The molecule has 1 aromatic heterocycles. The van der Waals surface area contributed by atoms with Crippen LogP contribution in [0.4, 0.5) is 0 Å². The maximum atomic E-state index is 13.2. The molecule has 2 aromatic rings. The quantitative estimate of drug-likeness (QED) is 0.365. The minimum Gasteiger partial charge on any atom is -0.391 e. The predicted molar refractivity (Wildman–Crippen MR) is 135 cm³/mol. The third-order valence-corrected chi connectivity index (χ3v) is 7.46. The molecule has 0 saturated carbocycles. The fourth-order valence-corrected chi connectivity index (χ4v) is 5.96. The SMILES string of the molecule is Cc1ncsc1-c1ccc(C(C)NC(=O)[C@@H]2C[C@@H](O)CN2C(=O)[C@@H](NI)C(C)(C)C)cc1. The van der Waals surface area contributed by atoms with Crippen molar-refractivity contribution < 1.29 is 14.7 Å². The van der Waals surface area contributed by atoms with Gasteiger partial charge in [0.1, 0.15) is 12.1 Å². The molecule has 2 amide bonds. The molecule has 1 aromatic carbocycles. The molecule has 1 saturated heterocycles. The summed E-state index contributed by atoms with van der Waals surface area (Å²) in [7, 11) is 0. The average molecular weight is 570 g/mol. The zero-order valence-electron chi connectivity index (χ0n) is 19.1. The summed E-state index contributed by atoms with van der Waals surface area (Å²) in [4.78, 5) is 33.2. The Morgan fingerprint density at radius 1 is 1.28 bits per heavy atom. The predicted octanol–water partition coefficient (Wildman–Crippen LogP) is 3.61. The van der Waals surface area contributed by atoms with E-state index < -0.39 is 18.2 Å². The number of amides is 2. The highest BCUT2D eigenvalue weighted by Crippen LogP contribution is 2.29. The topological polar surface area (TPSA) is 94.6 Å². The Hall–Kier alpha value is -1.56. The highest BCUT2D eigenvalue weighted by molar-refractivity contribution is 14.1. The van der Waals surface area contributed by atoms with Crippen molar-refractivity contribution >= 4 is 46.0 Å². The summed E-state index contributed by atoms with van der Waals surface area (Å²) in [5.74, 6) is -0.411. The maximum Gasteiger partial charge on any atom is 0.243 e. The van der Waals surface area contributed by atoms with Gasteiger partial charge in [0.2, 0.25) is 11.8 Å². The number of β-amino-alcohol motifs (C(OH)–C–C–N with tert-alkyl or cyclic N) is 1. The van der Waals surface area contributed by atoms with Gasteiger partial charge in [0.25, 0.3) is 0 Å². The molecule has 0 radical (unpaired) electrons. The first-order chi connectivity index (χ1) is 15.0. The van der Waals surface area contributed by atoms with Gasteiger partial charge in [-0.15, -0.1) is 11.3 Å². The molecule has 0 spiro atoms. The van der Waals surface area contributed by atoms with E-state index in [-0.39, 0.29) is 36.2 Å². The second-order valence-corrected chi connectivity index (χ2v) is 10.9.